The van der Waals surface area contributed by atoms with E-state index in [-0.39, 0.29) is 5.91 Å². The van der Waals surface area contributed by atoms with Gasteiger partial charge in [0.25, 0.3) is 5.91 Å². The van der Waals surface area contributed by atoms with Crippen molar-refractivity contribution < 1.29 is 9.53 Å². The largest absolute Gasteiger partial charge is 0.496 e. The Morgan fingerprint density at radius 3 is 2.54 bits per heavy atom. The fourth-order valence-corrected chi connectivity index (χ4v) is 3.21. The number of amidine groups is 1. The van der Waals surface area contributed by atoms with E-state index in [1.165, 1.54) is 11.8 Å². The van der Waals surface area contributed by atoms with E-state index in [4.69, 9.17) is 27.9 Å². The summed E-state index contributed by atoms with van der Waals surface area (Å²) in [5.74, 6) is 0.429. The minimum Gasteiger partial charge on any atom is -0.496 e. The third-order valence-corrected chi connectivity index (χ3v) is 4.58. The molecule has 1 heterocycles. The van der Waals surface area contributed by atoms with Crippen molar-refractivity contribution in [1.82, 2.24) is 5.32 Å². The number of ether oxygens (including phenoxy) is 1. The summed E-state index contributed by atoms with van der Waals surface area (Å²) >= 11 is 13.1. The number of nitrogens with zero attached hydrogens (tertiary/aromatic N) is 1. The van der Waals surface area contributed by atoms with Crippen molar-refractivity contribution in [2.45, 2.75) is 0 Å². The monoisotopic (exact) mass is 378 g/mol. The Morgan fingerprint density at radius 2 is 1.83 bits per heavy atom. The molecule has 1 aliphatic rings. The fourth-order valence-electron chi connectivity index (χ4n) is 2.07. The van der Waals surface area contributed by atoms with Gasteiger partial charge in [0.2, 0.25) is 0 Å². The van der Waals surface area contributed by atoms with Gasteiger partial charge in [-0.3, -0.25) is 4.79 Å². The highest BCUT2D eigenvalue weighted by Gasteiger charge is 2.24. The van der Waals surface area contributed by atoms with E-state index in [9.17, 15) is 4.79 Å². The molecule has 7 heteroatoms. The topological polar surface area (TPSA) is 50.7 Å². The number of aliphatic imine (C=N–C) groups is 1. The standard InChI is InChI=1S/C17H12Cl2N2O2S/c1-23-14-7-4-12(19)8-10(14)9-15-16(22)21-17(24-15)20-13-5-2-11(18)3-6-13/h2-9H,1H3,(H,20,21,22)/b15-9-. The molecule has 0 aromatic heterocycles. The maximum absolute atomic E-state index is 12.1. The molecule has 2 aromatic carbocycles. The number of methoxy groups -OCH3 is 1. The maximum Gasteiger partial charge on any atom is 0.264 e. The number of hydrogen-bond acceptors (Lipinski definition) is 4. The van der Waals surface area contributed by atoms with Crippen LogP contribution in [-0.4, -0.2) is 18.2 Å². The second-order valence-electron chi connectivity index (χ2n) is 4.84. The molecule has 3 rings (SSSR count). The Hall–Kier alpha value is -1.95. The second-order valence-corrected chi connectivity index (χ2v) is 6.75. The summed E-state index contributed by atoms with van der Waals surface area (Å²) in [6.45, 7) is 0. The summed E-state index contributed by atoms with van der Waals surface area (Å²) in [6, 6.07) is 12.3. The van der Waals surface area contributed by atoms with Crippen molar-refractivity contribution >= 4 is 57.8 Å². The number of carbonyl (C=O) groups is 1. The van der Waals surface area contributed by atoms with Crippen LogP contribution in [0.4, 0.5) is 5.69 Å². The first-order chi connectivity index (χ1) is 11.5. The Bertz CT molecular complexity index is 848. The molecular formula is C17H12Cl2N2O2S. The second kappa shape index (κ2) is 7.30. The van der Waals surface area contributed by atoms with Gasteiger partial charge in [-0.05, 0) is 60.3 Å². The van der Waals surface area contributed by atoms with Crippen LogP contribution in [-0.2, 0) is 4.79 Å². The van der Waals surface area contributed by atoms with Crippen LogP contribution in [0.15, 0.2) is 52.4 Å². The van der Waals surface area contributed by atoms with Gasteiger partial charge in [-0.15, -0.1) is 0 Å². The highest BCUT2D eigenvalue weighted by atomic mass is 35.5. The van der Waals surface area contributed by atoms with E-state index < -0.39 is 0 Å². The number of thioether (sulfide) groups is 1. The van der Waals surface area contributed by atoms with Gasteiger partial charge in [-0.1, -0.05) is 23.2 Å². The fraction of sp³-hybridized carbons (Fsp3) is 0.0588. The van der Waals surface area contributed by atoms with E-state index in [2.05, 4.69) is 10.3 Å². The molecule has 2 aromatic rings. The van der Waals surface area contributed by atoms with Crippen molar-refractivity contribution in [3.8, 4) is 5.75 Å². The summed E-state index contributed by atoms with van der Waals surface area (Å²) in [4.78, 5) is 17.1. The molecule has 0 bridgehead atoms. The third-order valence-electron chi connectivity index (χ3n) is 3.19. The van der Waals surface area contributed by atoms with Gasteiger partial charge in [0.05, 0.1) is 17.7 Å². The predicted molar refractivity (Wildman–Crippen MR) is 100 cm³/mol. The zero-order chi connectivity index (χ0) is 17.1. The minimum atomic E-state index is -0.213. The molecule has 24 heavy (non-hydrogen) atoms. The Labute approximate surface area is 153 Å². The van der Waals surface area contributed by atoms with Crippen LogP contribution in [0, 0.1) is 0 Å². The summed E-state index contributed by atoms with van der Waals surface area (Å²) in [5, 5.41) is 4.45. The Kier molecular flexibility index (Phi) is 5.14. The lowest BCUT2D eigenvalue weighted by Crippen LogP contribution is -2.19. The zero-order valence-corrected chi connectivity index (χ0v) is 14.9. The molecule has 4 nitrogen and oxygen atoms in total. The molecule has 0 radical (unpaired) electrons. The van der Waals surface area contributed by atoms with E-state index >= 15 is 0 Å². The van der Waals surface area contributed by atoms with Crippen molar-refractivity contribution in [3.63, 3.8) is 0 Å². The summed E-state index contributed by atoms with van der Waals surface area (Å²) in [7, 11) is 1.57. The number of carbonyl (C=O) groups excluding carboxylic acids is 1. The highest BCUT2D eigenvalue weighted by Crippen LogP contribution is 2.31. The highest BCUT2D eigenvalue weighted by molar-refractivity contribution is 8.18. The van der Waals surface area contributed by atoms with Crippen LogP contribution in [0.25, 0.3) is 6.08 Å². The van der Waals surface area contributed by atoms with E-state index in [0.29, 0.717) is 31.6 Å². The van der Waals surface area contributed by atoms with Gasteiger partial charge < -0.3 is 10.1 Å². The maximum atomic E-state index is 12.1. The van der Waals surface area contributed by atoms with Crippen molar-refractivity contribution in [1.29, 1.82) is 0 Å². The number of halogens is 2. The van der Waals surface area contributed by atoms with Crippen molar-refractivity contribution in [3.05, 3.63) is 63.0 Å². The lowest BCUT2D eigenvalue weighted by Gasteiger charge is -2.05. The van der Waals surface area contributed by atoms with Crippen molar-refractivity contribution in [2.24, 2.45) is 4.99 Å². The van der Waals surface area contributed by atoms with Crippen LogP contribution >= 0.6 is 35.0 Å². The predicted octanol–water partition coefficient (Wildman–Crippen LogP) is 4.89. The lowest BCUT2D eigenvalue weighted by molar-refractivity contribution is -0.115. The minimum absolute atomic E-state index is 0.213. The molecule has 122 valence electrons. The first kappa shape index (κ1) is 16.9. The molecule has 0 aliphatic carbocycles. The lowest BCUT2D eigenvalue weighted by atomic mass is 10.2. The number of benzene rings is 2. The van der Waals surface area contributed by atoms with E-state index in [1.54, 1.807) is 55.7 Å². The van der Waals surface area contributed by atoms with Crippen LogP contribution < -0.4 is 10.1 Å². The quantitative estimate of drug-likeness (QED) is 0.773. The Balaban J connectivity index is 1.87. The molecule has 0 spiro atoms. The summed E-state index contributed by atoms with van der Waals surface area (Å²) < 4.78 is 5.29. The van der Waals surface area contributed by atoms with Gasteiger partial charge in [-0.2, -0.15) is 0 Å². The van der Waals surface area contributed by atoms with E-state index in [1.807, 2.05) is 0 Å². The first-order valence-electron chi connectivity index (χ1n) is 6.94. The van der Waals surface area contributed by atoms with Crippen LogP contribution in [0.2, 0.25) is 10.0 Å². The first-order valence-corrected chi connectivity index (χ1v) is 8.51. The van der Waals surface area contributed by atoms with Crippen LogP contribution in [0.3, 0.4) is 0 Å². The van der Waals surface area contributed by atoms with Crippen LogP contribution in [0.5, 0.6) is 5.75 Å². The Morgan fingerprint density at radius 1 is 1.12 bits per heavy atom. The normalized spacial score (nSPS) is 17.4. The number of hydrogen-bond donors (Lipinski definition) is 1. The van der Waals surface area contributed by atoms with Crippen molar-refractivity contribution in [2.75, 3.05) is 7.11 Å². The number of rotatable bonds is 3. The summed E-state index contributed by atoms with van der Waals surface area (Å²) in [5.41, 5.74) is 1.44. The number of nitrogens with one attached hydrogen (secondary N) is 1. The molecule has 1 amide bonds. The molecule has 0 unspecified atom stereocenters. The third kappa shape index (κ3) is 3.93. The molecular weight excluding hydrogens is 367 g/mol. The molecule has 0 atom stereocenters. The van der Waals surface area contributed by atoms with Gasteiger partial charge in [0.15, 0.2) is 5.17 Å². The average molecular weight is 379 g/mol. The average Bonchev–Trinajstić information content (AvgIpc) is 2.89. The summed E-state index contributed by atoms with van der Waals surface area (Å²) in [6.07, 6.45) is 1.73. The van der Waals surface area contributed by atoms with Gasteiger partial charge in [0.1, 0.15) is 5.75 Å². The van der Waals surface area contributed by atoms with Gasteiger partial charge in [-0.25, -0.2) is 4.99 Å². The van der Waals surface area contributed by atoms with E-state index in [0.717, 1.165) is 5.56 Å². The van der Waals surface area contributed by atoms with Gasteiger partial charge in [0, 0.05) is 15.6 Å². The molecule has 1 aliphatic heterocycles. The molecule has 1 fully saturated rings. The smallest absolute Gasteiger partial charge is 0.264 e. The zero-order valence-electron chi connectivity index (χ0n) is 12.5. The molecule has 1 N–H and O–H groups in total. The number of amides is 1. The molecule has 0 saturated carbocycles. The SMILES string of the molecule is COc1ccc(Cl)cc1/C=C1\SC(=Nc2ccc(Cl)cc2)NC1=O. The van der Waals surface area contributed by atoms with Gasteiger partial charge >= 0.3 is 0 Å². The van der Waals surface area contributed by atoms with Crippen LogP contribution in [0.1, 0.15) is 5.56 Å². The molecule has 1 saturated heterocycles.